The maximum Gasteiger partial charge on any atom is 0.0517 e. The molecule has 0 atom stereocenters. The Labute approximate surface area is 55.5 Å². The summed E-state index contributed by atoms with van der Waals surface area (Å²) in [5.41, 5.74) is 1.18. The normalized spacial score (nSPS) is 9.56. The molecule has 0 aromatic carbocycles. The van der Waals surface area contributed by atoms with Gasteiger partial charge in [-0.3, -0.25) is 0 Å². The zero-order valence-corrected chi connectivity index (χ0v) is 5.89. The van der Waals surface area contributed by atoms with Gasteiger partial charge in [-0.25, -0.2) is 0 Å². The summed E-state index contributed by atoms with van der Waals surface area (Å²) in [6.07, 6.45) is 4.14. The quantitative estimate of drug-likeness (QED) is 0.633. The maximum absolute atomic E-state index is 3.06. The lowest BCUT2D eigenvalue weighted by molar-refractivity contribution is 0.770. The second-order valence-electron chi connectivity index (χ2n) is 1.98. The predicted octanol–water partition coefficient (Wildman–Crippen LogP) is 1.55. The van der Waals surface area contributed by atoms with Crippen LogP contribution in [0.2, 0.25) is 0 Å². The van der Waals surface area contributed by atoms with Crippen LogP contribution in [0.1, 0.15) is 6.92 Å². The number of nitrogens with one attached hydrogen (secondary N) is 1. The molecule has 0 saturated heterocycles. The number of aromatic nitrogens is 1. The van der Waals surface area contributed by atoms with Crippen LogP contribution in [0, 0.1) is 0 Å². The molecule has 0 spiro atoms. The van der Waals surface area contributed by atoms with E-state index in [4.69, 9.17) is 0 Å². The minimum atomic E-state index is 1.04. The van der Waals surface area contributed by atoms with Gasteiger partial charge in [0.15, 0.2) is 0 Å². The molecule has 0 fully saturated rings. The fraction of sp³-hybridized carbons (Fsp3) is 0.429. The number of hydrogen-bond donors (Lipinski definition) is 1. The third kappa shape index (κ3) is 1.25. The Hall–Kier alpha value is -0.920. The van der Waals surface area contributed by atoms with Crippen molar-refractivity contribution < 1.29 is 0 Å². The summed E-state index contributed by atoms with van der Waals surface area (Å²) >= 11 is 0. The Kier molecular flexibility index (Phi) is 1.78. The van der Waals surface area contributed by atoms with E-state index in [0.29, 0.717) is 0 Å². The number of nitrogens with zero attached hydrogens (tertiary/aromatic N) is 1. The van der Waals surface area contributed by atoms with Gasteiger partial charge in [0, 0.05) is 26.0 Å². The lowest BCUT2D eigenvalue weighted by Gasteiger charge is -1.93. The highest BCUT2D eigenvalue weighted by Gasteiger charge is 1.88. The molecule has 1 aromatic rings. The van der Waals surface area contributed by atoms with Gasteiger partial charge in [0.05, 0.1) is 5.69 Å². The molecule has 0 bridgehead atoms. The van der Waals surface area contributed by atoms with E-state index in [9.17, 15) is 0 Å². The summed E-state index contributed by atoms with van der Waals surface area (Å²) in [5, 5.41) is 3.06. The Morgan fingerprint density at radius 3 is 2.78 bits per heavy atom. The van der Waals surface area contributed by atoms with Crippen molar-refractivity contribution in [1.29, 1.82) is 0 Å². The van der Waals surface area contributed by atoms with E-state index in [1.807, 2.05) is 7.05 Å². The summed E-state index contributed by atoms with van der Waals surface area (Å²) in [5.74, 6) is 0. The number of rotatable bonds is 2. The lowest BCUT2D eigenvalue weighted by Crippen LogP contribution is -1.88. The first-order chi connectivity index (χ1) is 4.36. The lowest BCUT2D eigenvalue weighted by atomic mass is 10.5. The van der Waals surface area contributed by atoms with Crippen molar-refractivity contribution in [3.8, 4) is 0 Å². The van der Waals surface area contributed by atoms with Gasteiger partial charge in [0.25, 0.3) is 0 Å². The smallest absolute Gasteiger partial charge is 0.0517 e. The number of hydrogen-bond acceptors (Lipinski definition) is 1. The average molecular weight is 124 g/mol. The van der Waals surface area contributed by atoms with Crippen LogP contribution >= 0.6 is 0 Å². The molecule has 0 radical (unpaired) electrons. The molecule has 0 aliphatic carbocycles. The Balaban J connectivity index is 2.74. The molecule has 0 saturated carbocycles. The first-order valence-electron chi connectivity index (χ1n) is 3.20. The third-order valence-corrected chi connectivity index (χ3v) is 1.40. The van der Waals surface area contributed by atoms with Gasteiger partial charge in [0.2, 0.25) is 0 Å². The molecule has 1 rings (SSSR count). The molecule has 1 heterocycles. The molecule has 1 N–H and O–H groups in total. The van der Waals surface area contributed by atoms with Gasteiger partial charge in [0.1, 0.15) is 0 Å². The zero-order valence-electron chi connectivity index (χ0n) is 5.89. The van der Waals surface area contributed by atoms with Crippen LogP contribution in [0.3, 0.4) is 0 Å². The van der Waals surface area contributed by atoms with Crippen LogP contribution in [-0.4, -0.2) is 11.6 Å². The predicted molar refractivity (Wildman–Crippen MR) is 39.7 cm³/mol. The minimum absolute atomic E-state index is 1.04. The van der Waals surface area contributed by atoms with Crippen molar-refractivity contribution in [3.05, 3.63) is 18.5 Å². The van der Waals surface area contributed by atoms with Gasteiger partial charge in [-0.1, -0.05) is 0 Å². The molecular formula is C7H12N2. The molecule has 0 amide bonds. The molecule has 0 aliphatic heterocycles. The largest absolute Gasteiger partial charge is 0.387 e. The van der Waals surface area contributed by atoms with Gasteiger partial charge >= 0.3 is 0 Å². The molecule has 9 heavy (non-hydrogen) atoms. The van der Waals surface area contributed by atoms with E-state index in [0.717, 1.165) is 6.54 Å². The molecule has 2 heteroatoms. The Morgan fingerprint density at radius 2 is 2.44 bits per heavy atom. The second-order valence-corrected chi connectivity index (χ2v) is 1.98. The van der Waals surface area contributed by atoms with Crippen LogP contribution in [0.15, 0.2) is 18.5 Å². The summed E-state index contributed by atoms with van der Waals surface area (Å²) in [6, 6.07) is 2.06. The summed E-state index contributed by atoms with van der Waals surface area (Å²) in [6.45, 7) is 3.17. The molecule has 0 aliphatic rings. The van der Waals surface area contributed by atoms with E-state index >= 15 is 0 Å². The second kappa shape index (κ2) is 2.58. The van der Waals surface area contributed by atoms with Crippen LogP contribution in [0.5, 0.6) is 0 Å². The molecule has 50 valence electrons. The van der Waals surface area contributed by atoms with Crippen LogP contribution in [0.25, 0.3) is 0 Å². The Morgan fingerprint density at radius 1 is 1.67 bits per heavy atom. The first-order valence-corrected chi connectivity index (χ1v) is 3.20. The average Bonchev–Trinajstić information content (AvgIpc) is 2.34. The molecular weight excluding hydrogens is 112 g/mol. The monoisotopic (exact) mass is 124 g/mol. The van der Waals surface area contributed by atoms with Gasteiger partial charge in [-0.15, -0.1) is 0 Å². The fourth-order valence-corrected chi connectivity index (χ4v) is 0.785. The highest BCUT2D eigenvalue weighted by molar-refractivity contribution is 5.39. The molecule has 2 nitrogen and oxygen atoms in total. The van der Waals surface area contributed by atoms with Crippen LogP contribution < -0.4 is 5.32 Å². The maximum atomic E-state index is 3.06. The topological polar surface area (TPSA) is 17.0 Å². The fourth-order valence-electron chi connectivity index (χ4n) is 0.785. The van der Waals surface area contributed by atoms with Gasteiger partial charge in [-0.05, 0) is 13.0 Å². The van der Waals surface area contributed by atoms with E-state index < -0.39 is 0 Å². The standard InChI is InChI=1S/C7H12N2/c1-3-9-5-4-7(6-9)8-2/h4-6,8H,3H2,1-2H3. The number of anilines is 1. The van der Waals surface area contributed by atoms with Crippen molar-refractivity contribution in [3.63, 3.8) is 0 Å². The van der Waals surface area contributed by atoms with Crippen LogP contribution in [-0.2, 0) is 6.54 Å². The van der Waals surface area contributed by atoms with Crippen molar-refractivity contribution in [2.24, 2.45) is 0 Å². The highest BCUT2D eigenvalue weighted by atomic mass is 15.0. The summed E-state index contributed by atoms with van der Waals surface area (Å²) < 4.78 is 2.13. The van der Waals surface area contributed by atoms with Gasteiger partial charge < -0.3 is 9.88 Å². The highest BCUT2D eigenvalue weighted by Crippen LogP contribution is 2.05. The Bertz CT molecular complexity index is 160. The van der Waals surface area contributed by atoms with Crippen LogP contribution in [0.4, 0.5) is 5.69 Å². The minimum Gasteiger partial charge on any atom is -0.387 e. The van der Waals surface area contributed by atoms with Crippen molar-refractivity contribution >= 4 is 5.69 Å². The first kappa shape index (κ1) is 6.20. The molecule has 0 unspecified atom stereocenters. The molecule has 1 aromatic heterocycles. The van der Waals surface area contributed by atoms with Crippen molar-refractivity contribution in [2.45, 2.75) is 13.5 Å². The summed E-state index contributed by atoms with van der Waals surface area (Å²) in [4.78, 5) is 0. The van der Waals surface area contributed by atoms with E-state index in [1.165, 1.54) is 5.69 Å². The van der Waals surface area contributed by atoms with Crippen molar-refractivity contribution in [1.82, 2.24) is 4.57 Å². The number of aryl methyl sites for hydroxylation is 1. The van der Waals surface area contributed by atoms with Gasteiger partial charge in [-0.2, -0.15) is 0 Å². The SMILES string of the molecule is CCn1ccc(NC)c1. The van der Waals surface area contributed by atoms with Crippen molar-refractivity contribution in [2.75, 3.05) is 12.4 Å². The third-order valence-electron chi connectivity index (χ3n) is 1.40. The zero-order chi connectivity index (χ0) is 6.69. The van der Waals surface area contributed by atoms with E-state index in [2.05, 4.69) is 35.3 Å². The van der Waals surface area contributed by atoms with E-state index in [-0.39, 0.29) is 0 Å². The summed E-state index contributed by atoms with van der Waals surface area (Å²) in [7, 11) is 1.93. The van der Waals surface area contributed by atoms with E-state index in [1.54, 1.807) is 0 Å².